The zero-order chi connectivity index (χ0) is 12.8. The number of halogens is 3. The smallest absolute Gasteiger partial charge is 0.225 e. The molecule has 1 aliphatic carbocycles. The number of alkyl halides is 3. The van der Waals surface area contributed by atoms with Crippen LogP contribution in [0.25, 0.3) is 0 Å². The van der Waals surface area contributed by atoms with Crippen LogP contribution in [-0.4, -0.2) is 8.42 Å². The highest BCUT2D eigenvalue weighted by atomic mass is 32.2. The molecule has 0 atom stereocenters. The van der Waals surface area contributed by atoms with E-state index >= 15 is 0 Å². The highest BCUT2D eigenvalue weighted by Gasteiger charge is 2.34. The molecule has 2 rings (SSSR count). The monoisotopic (exact) mass is 265 g/mol. The minimum atomic E-state index is -4.57. The summed E-state index contributed by atoms with van der Waals surface area (Å²) in [4.78, 5) is -0.478. The lowest BCUT2D eigenvalue weighted by atomic mass is 10.1. The minimum absolute atomic E-state index is 0.0257. The van der Waals surface area contributed by atoms with Crippen molar-refractivity contribution in [3.05, 3.63) is 29.3 Å². The van der Waals surface area contributed by atoms with Gasteiger partial charge in [0.1, 0.15) is 0 Å². The molecule has 0 saturated heterocycles. The molecule has 0 radical (unpaired) electrons. The molecule has 0 amide bonds. The Morgan fingerprint density at radius 2 is 1.76 bits per heavy atom. The number of nitrogens with two attached hydrogens (primary N) is 1. The molecule has 1 aromatic rings. The Hall–Kier alpha value is -1.08. The van der Waals surface area contributed by atoms with Gasteiger partial charge >= 0.3 is 6.18 Å². The van der Waals surface area contributed by atoms with Crippen molar-refractivity contribution in [1.29, 1.82) is 0 Å². The van der Waals surface area contributed by atoms with Crippen LogP contribution < -0.4 is 5.14 Å². The van der Waals surface area contributed by atoms with Gasteiger partial charge in [0.15, 0.2) is 0 Å². The summed E-state index contributed by atoms with van der Waals surface area (Å²) in [5.74, 6) is 0.0257. The average molecular weight is 265 g/mol. The van der Waals surface area contributed by atoms with E-state index in [9.17, 15) is 21.6 Å². The molecule has 1 saturated carbocycles. The Morgan fingerprint density at radius 1 is 1.18 bits per heavy atom. The highest BCUT2D eigenvalue weighted by Crippen LogP contribution is 2.42. The van der Waals surface area contributed by atoms with Gasteiger partial charge in [-0.25, -0.2) is 13.6 Å². The predicted molar refractivity (Wildman–Crippen MR) is 54.8 cm³/mol. The van der Waals surface area contributed by atoms with Gasteiger partial charge in [0.2, 0.25) is 10.0 Å². The van der Waals surface area contributed by atoms with Crippen molar-refractivity contribution in [2.45, 2.75) is 29.8 Å². The molecular weight excluding hydrogens is 255 g/mol. The fraction of sp³-hybridized carbons (Fsp3) is 0.400. The Balaban J connectivity index is 2.58. The average Bonchev–Trinajstić information content (AvgIpc) is 2.97. The van der Waals surface area contributed by atoms with Crippen molar-refractivity contribution in [2.24, 2.45) is 5.14 Å². The van der Waals surface area contributed by atoms with Crippen LogP contribution in [0.2, 0.25) is 0 Å². The third kappa shape index (κ3) is 2.78. The number of sulfonamides is 1. The van der Waals surface area contributed by atoms with Crippen molar-refractivity contribution in [1.82, 2.24) is 0 Å². The van der Waals surface area contributed by atoms with Crippen LogP contribution in [0.4, 0.5) is 13.2 Å². The van der Waals surface area contributed by atoms with Crippen LogP contribution in [0.3, 0.4) is 0 Å². The van der Waals surface area contributed by atoms with Crippen molar-refractivity contribution in [3.63, 3.8) is 0 Å². The summed E-state index contributed by atoms with van der Waals surface area (Å²) in [5.41, 5.74) is -0.574. The maximum absolute atomic E-state index is 12.6. The quantitative estimate of drug-likeness (QED) is 0.891. The number of benzene rings is 1. The van der Waals surface area contributed by atoms with E-state index in [0.717, 1.165) is 18.9 Å². The van der Waals surface area contributed by atoms with Crippen LogP contribution in [0, 0.1) is 0 Å². The third-order valence-electron chi connectivity index (χ3n) is 2.63. The van der Waals surface area contributed by atoms with Crippen molar-refractivity contribution in [3.8, 4) is 0 Å². The topological polar surface area (TPSA) is 60.2 Å². The molecule has 17 heavy (non-hydrogen) atoms. The Morgan fingerprint density at radius 3 is 2.18 bits per heavy atom. The Bertz CT molecular complexity index is 547. The summed E-state index contributed by atoms with van der Waals surface area (Å²) in [6.45, 7) is 0. The second kappa shape index (κ2) is 3.71. The molecule has 94 valence electrons. The molecule has 1 aromatic carbocycles. The van der Waals surface area contributed by atoms with Gasteiger partial charge in [-0.1, -0.05) is 0 Å². The first-order valence-corrected chi connectivity index (χ1v) is 6.47. The van der Waals surface area contributed by atoms with Crippen LogP contribution >= 0.6 is 0 Å². The van der Waals surface area contributed by atoms with Gasteiger partial charge < -0.3 is 0 Å². The van der Waals surface area contributed by atoms with E-state index in [1.807, 2.05) is 0 Å². The van der Waals surface area contributed by atoms with E-state index < -0.39 is 26.7 Å². The Labute approximate surface area is 96.5 Å². The summed E-state index contributed by atoms with van der Waals surface area (Å²) < 4.78 is 60.0. The summed E-state index contributed by atoms with van der Waals surface area (Å²) in [7, 11) is -4.11. The second-order valence-corrected chi connectivity index (χ2v) is 5.67. The molecule has 0 aromatic heterocycles. The first-order chi connectivity index (χ1) is 7.68. The van der Waals surface area contributed by atoms with E-state index in [1.54, 1.807) is 0 Å². The molecular formula is C10H10F3NO2S. The lowest BCUT2D eigenvalue weighted by Crippen LogP contribution is -2.15. The van der Waals surface area contributed by atoms with Gasteiger partial charge in [0, 0.05) is 0 Å². The van der Waals surface area contributed by atoms with Gasteiger partial charge in [0.05, 0.1) is 10.5 Å². The predicted octanol–water partition coefficient (Wildman–Crippen LogP) is 2.23. The first-order valence-electron chi connectivity index (χ1n) is 4.93. The third-order valence-corrected chi connectivity index (χ3v) is 3.53. The van der Waals surface area contributed by atoms with E-state index in [0.29, 0.717) is 11.6 Å². The maximum atomic E-state index is 12.6. The first kappa shape index (κ1) is 12.4. The maximum Gasteiger partial charge on any atom is 0.416 e. The summed E-state index contributed by atoms with van der Waals surface area (Å²) in [6, 6.07) is 2.79. The molecule has 0 spiro atoms. The zero-order valence-electron chi connectivity index (χ0n) is 8.66. The number of hydrogen-bond acceptors (Lipinski definition) is 2. The molecule has 7 heteroatoms. The van der Waals surface area contributed by atoms with Gasteiger partial charge in [-0.15, -0.1) is 0 Å². The molecule has 3 nitrogen and oxygen atoms in total. The summed E-state index contributed by atoms with van der Waals surface area (Å²) in [6.07, 6.45) is -3.00. The van der Waals surface area contributed by atoms with Crippen LogP contribution in [0.15, 0.2) is 23.1 Å². The molecule has 2 N–H and O–H groups in total. The number of hydrogen-bond donors (Lipinski definition) is 1. The molecule has 1 fully saturated rings. The van der Waals surface area contributed by atoms with E-state index in [-0.39, 0.29) is 5.92 Å². The number of rotatable bonds is 2. The summed E-state index contributed by atoms with van der Waals surface area (Å²) >= 11 is 0. The van der Waals surface area contributed by atoms with E-state index in [4.69, 9.17) is 5.14 Å². The zero-order valence-corrected chi connectivity index (χ0v) is 9.48. The van der Waals surface area contributed by atoms with Gasteiger partial charge in [-0.3, -0.25) is 0 Å². The van der Waals surface area contributed by atoms with Gasteiger partial charge in [0.25, 0.3) is 0 Å². The second-order valence-electron chi connectivity index (χ2n) is 4.11. The van der Waals surface area contributed by atoms with Gasteiger partial charge in [-0.05, 0) is 42.5 Å². The van der Waals surface area contributed by atoms with E-state index in [2.05, 4.69) is 0 Å². The lowest BCUT2D eigenvalue weighted by molar-refractivity contribution is -0.137. The lowest BCUT2D eigenvalue weighted by Gasteiger charge is -2.10. The molecule has 0 aliphatic heterocycles. The van der Waals surface area contributed by atoms with Crippen molar-refractivity contribution >= 4 is 10.0 Å². The van der Waals surface area contributed by atoms with Crippen molar-refractivity contribution in [2.75, 3.05) is 0 Å². The summed E-state index contributed by atoms with van der Waals surface area (Å²) in [5, 5.41) is 4.86. The fourth-order valence-corrected chi connectivity index (χ4v) is 2.19. The van der Waals surface area contributed by atoms with Gasteiger partial charge in [-0.2, -0.15) is 13.2 Å². The van der Waals surface area contributed by atoms with Crippen molar-refractivity contribution < 1.29 is 21.6 Å². The van der Waals surface area contributed by atoms with Crippen LogP contribution in [-0.2, 0) is 16.2 Å². The van der Waals surface area contributed by atoms with E-state index in [1.165, 1.54) is 6.07 Å². The molecule has 0 heterocycles. The normalized spacial score (nSPS) is 17.2. The fourth-order valence-electron chi connectivity index (χ4n) is 1.60. The largest absolute Gasteiger partial charge is 0.416 e. The number of primary sulfonamides is 1. The minimum Gasteiger partial charge on any atom is -0.225 e. The molecule has 0 bridgehead atoms. The molecule has 1 aliphatic rings. The molecule has 0 unspecified atom stereocenters. The van der Waals surface area contributed by atoms with Crippen LogP contribution in [0.1, 0.15) is 29.9 Å². The Kier molecular flexibility index (Phi) is 2.70. The highest BCUT2D eigenvalue weighted by molar-refractivity contribution is 7.89. The standard InChI is InChI=1S/C10H10F3NO2S/c11-10(12,13)8-3-7(6-1-2-6)4-9(5-8)17(14,15)16/h3-6H,1-2H2,(H2,14,15,16). The van der Waals surface area contributed by atoms with Crippen LogP contribution in [0.5, 0.6) is 0 Å². The SMILES string of the molecule is NS(=O)(=O)c1cc(C2CC2)cc(C(F)(F)F)c1.